The Balaban J connectivity index is 1.62. The van der Waals surface area contributed by atoms with Crippen LogP contribution < -0.4 is 25.6 Å². The minimum Gasteiger partial charge on any atom is -0.497 e. The number of hydrazine groups is 1. The van der Waals surface area contributed by atoms with Crippen LogP contribution in [0.15, 0.2) is 77.3 Å². The lowest BCUT2D eigenvalue weighted by atomic mass is 10.0. The van der Waals surface area contributed by atoms with E-state index in [0.717, 1.165) is 10.2 Å². The van der Waals surface area contributed by atoms with Crippen molar-refractivity contribution in [1.29, 1.82) is 0 Å². The lowest BCUT2D eigenvalue weighted by Gasteiger charge is -2.15. The number of carbonyl (C=O) groups excluding carboxylic acids is 1. The van der Waals surface area contributed by atoms with E-state index in [-0.39, 0.29) is 11.0 Å². The molecule has 0 atom stereocenters. The Hall–Kier alpha value is -3.69. The Kier molecular flexibility index (Phi) is 7.24. The van der Waals surface area contributed by atoms with Gasteiger partial charge in [-0.05, 0) is 66.8 Å². The second-order valence-corrected chi connectivity index (χ2v) is 8.50. The summed E-state index contributed by atoms with van der Waals surface area (Å²) >= 11 is 8.70. The first kappa shape index (κ1) is 23.5. The second-order valence-electron chi connectivity index (χ2n) is 7.18. The average molecular weight is 537 g/mol. The van der Waals surface area contributed by atoms with Crippen LogP contribution >= 0.6 is 28.1 Å². The van der Waals surface area contributed by atoms with Crippen molar-refractivity contribution in [2.75, 3.05) is 19.5 Å². The Morgan fingerprint density at radius 1 is 0.941 bits per heavy atom. The van der Waals surface area contributed by atoms with Crippen molar-refractivity contribution >= 4 is 55.8 Å². The Morgan fingerprint density at radius 2 is 1.71 bits per heavy atom. The van der Waals surface area contributed by atoms with Gasteiger partial charge in [-0.15, -0.1) is 0 Å². The number of amides is 1. The third kappa shape index (κ3) is 5.27. The predicted octanol–water partition coefficient (Wildman–Crippen LogP) is 5.31. The smallest absolute Gasteiger partial charge is 0.270 e. The van der Waals surface area contributed by atoms with E-state index in [0.29, 0.717) is 39.2 Å². The number of rotatable bonds is 5. The number of aromatic nitrogens is 1. The van der Waals surface area contributed by atoms with Gasteiger partial charge in [-0.1, -0.05) is 34.1 Å². The van der Waals surface area contributed by atoms with Crippen LogP contribution in [-0.4, -0.2) is 30.2 Å². The van der Waals surface area contributed by atoms with Crippen LogP contribution in [0, 0.1) is 0 Å². The van der Waals surface area contributed by atoms with E-state index >= 15 is 0 Å². The number of nitrogens with zero attached hydrogens (tertiary/aromatic N) is 1. The number of benzene rings is 3. The highest BCUT2D eigenvalue weighted by Gasteiger charge is 2.17. The first-order valence-electron chi connectivity index (χ1n) is 10.2. The van der Waals surface area contributed by atoms with E-state index in [2.05, 4.69) is 32.1 Å². The molecule has 1 heterocycles. The van der Waals surface area contributed by atoms with Gasteiger partial charge in [0.1, 0.15) is 11.5 Å². The van der Waals surface area contributed by atoms with E-state index in [1.165, 1.54) is 0 Å². The maximum Gasteiger partial charge on any atom is 0.270 e. The largest absolute Gasteiger partial charge is 0.497 e. The molecule has 34 heavy (non-hydrogen) atoms. The molecule has 0 saturated carbocycles. The highest BCUT2D eigenvalue weighted by Crippen LogP contribution is 2.34. The summed E-state index contributed by atoms with van der Waals surface area (Å²) in [5.74, 6) is 0.914. The Labute approximate surface area is 210 Å². The summed E-state index contributed by atoms with van der Waals surface area (Å²) in [4.78, 5) is 17.9. The number of hydrogen-bond donors (Lipinski definition) is 3. The number of ether oxygens (including phenoxy) is 2. The molecule has 4 rings (SSSR count). The number of anilines is 1. The number of halogens is 1. The van der Waals surface area contributed by atoms with Gasteiger partial charge >= 0.3 is 0 Å². The first-order valence-corrected chi connectivity index (χ1v) is 11.4. The van der Waals surface area contributed by atoms with Crippen molar-refractivity contribution in [3.05, 3.63) is 82.8 Å². The highest BCUT2D eigenvalue weighted by atomic mass is 79.9. The van der Waals surface area contributed by atoms with Crippen molar-refractivity contribution in [3.63, 3.8) is 0 Å². The van der Waals surface area contributed by atoms with Crippen molar-refractivity contribution < 1.29 is 14.3 Å². The molecule has 7 nitrogen and oxygen atoms in total. The first-order chi connectivity index (χ1) is 16.5. The van der Waals surface area contributed by atoms with Gasteiger partial charge in [0, 0.05) is 21.1 Å². The lowest BCUT2D eigenvalue weighted by molar-refractivity contribution is 0.0946. The molecule has 0 aliphatic carbocycles. The van der Waals surface area contributed by atoms with Crippen LogP contribution in [0.4, 0.5) is 5.69 Å². The standard InChI is InChI=1S/C25H21BrN4O3S/c1-32-17-11-12-23(33-2)20(13-17)22-14-19(18-5-3-4-6-21(18)28-22)24(31)29-30-25(34)27-16-9-7-15(26)8-10-16/h3-14H,1-2H3,(H,29,31)(H2,27,30,34). The number of pyridine rings is 1. The number of hydrogen-bond acceptors (Lipinski definition) is 5. The molecule has 0 unspecified atom stereocenters. The monoisotopic (exact) mass is 536 g/mol. The zero-order chi connectivity index (χ0) is 24.1. The maximum absolute atomic E-state index is 13.2. The molecule has 0 aliphatic heterocycles. The molecule has 172 valence electrons. The normalized spacial score (nSPS) is 10.4. The SMILES string of the molecule is COc1ccc(OC)c(-c2cc(C(=O)NNC(=S)Nc3ccc(Br)cc3)c3ccccc3n2)c1. The number of carbonyl (C=O) groups is 1. The van der Waals surface area contributed by atoms with Crippen LogP contribution in [-0.2, 0) is 0 Å². The molecular formula is C25H21BrN4O3S. The summed E-state index contributed by atoms with van der Waals surface area (Å²) in [6, 6.07) is 22.1. The van der Waals surface area contributed by atoms with E-state index in [1.54, 1.807) is 32.4 Å². The number of thiocarbonyl (C=S) groups is 1. The van der Waals surface area contributed by atoms with Crippen LogP contribution in [0.3, 0.4) is 0 Å². The van der Waals surface area contributed by atoms with Crippen LogP contribution in [0.25, 0.3) is 22.2 Å². The maximum atomic E-state index is 13.2. The number of fused-ring (bicyclic) bond motifs is 1. The molecule has 9 heteroatoms. The molecule has 4 aromatic rings. The van der Waals surface area contributed by atoms with E-state index in [1.807, 2.05) is 54.6 Å². The van der Waals surface area contributed by atoms with E-state index in [4.69, 9.17) is 26.7 Å². The Bertz CT molecular complexity index is 1360. The predicted molar refractivity (Wildman–Crippen MR) is 141 cm³/mol. The fraction of sp³-hybridized carbons (Fsp3) is 0.0800. The van der Waals surface area contributed by atoms with Crippen molar-refractivity contribution in [1.82, 2.24) is 15.8 Å². The summed E-state index contributed by atoms with van der Waals surface area (Å²) in [6.07, 6.45) is 0. The van der Waals surface area contributed by atoms with Crippen molar-refractivity contribution in [3.8, 4) is 22.8 Å². The lowest BCUT2D eigenvalue weighted by Crippen LogP contribution is -2.43. The molecule has 1 amide bonds. The number of para-hydroxylation sites is 1. The van der Waals surface area contributed by atoms with Gasteiger partial charge in [0.25, 0.3) is 5.91 Å². The van der Waals surface area contributed by atoms with Crippen molar-refractivity contribution in [2.24, 2.45) is 0 Å². The summed E-state index contributed by atoms with van der Waals surface area (Å²) in [5.41, 5.74) is 8.60. The van der Waals surface area contributed by atoms with E-state index < -0.39 is 0 Å². The molecule has 0 spiro atoms. The molecule has 1 aromatic heterocycles. The molecular weight excluding hydrogens is 516 g/mol. The highest BCUT2D eigenvalue weighted by molar-refractivity contribution is 9.10. The number of nitrogens with one attached hydrogen (secondary N) is 3. The molecule has 0 radical (unpaired) electrons. The van der Waals surface area contributed by atoms with Gasteiger partial charge < -0.3 is 14.8 Å². The van der Waals surface area contributed by atoms with Gasteiger partial charge in [0.2, 0.25) is 0 Å². The van der Waals surface area contributed by atoms with Crippen molar-refractivity contribution in [2.45, 2.75) is 0 Å². The summed E-state index contributed by atoms with van der Waals surface area (Å²) in [5, 5.41) is 3.98. The van der Waals surface area contributed by atoms with Crippen LogP contribution in [0.1, 0.15) is 10.4 Å². The molecule has 3 N–H and O–H groups in total. The topological polar surface area (TPSA) is 84.5 Å². The van der Waals surface area contributed by atoms with Crippen LogP contribution in [0.5, 0.6) is 11.5 Å². The zero-order valence-electron chi connectivity index (χ0n) is 18.4. The minimum absolute atomic E-state index is 0.253. The summed E-state index contributed by atoms with van der Waals surface area (Å²) < 4.78 is 11.8. The quantitative estimate of drug-likeness (QED) is 0.235. The third-order valence-corrected chi connectivity index (χ3v) is 5.77. The minimum atomic E-state index is -0.360. The zero-order valence-corrected chi connectivity index (χ0v) is 20.8. The fourth-order valence-electron chi connectivity index (χ4n) is 3.39. The molecule has 0 saturated heterocycles. The Morgan fingerprint density at radius 3 is 2.44 bits per heavy atom. The molecule has 3 aromatic carbocycles. The van der Waals surface area contributed by atoms with Gasteiger partial charge in [-0.3, -0.25) is 15.6 Å². The van der Waals surface area contributed by atoms with E-state index in [9.17, 15) is 4.79 Å². The van der Waals surface area contributed by atoms with Crippen LogP contribution in [0.2, 0.25) is 0 Å². The third-order valence-electron chi connectivity index (χ3n) is 5.04. The van der Waals surface area contributed by atoms with Gasteiger partial charge in [-0.2, -0.15) is 0 Å². The molecule has 0 aliphatic rings. The van der Waals surface area contributed by atoms with Gasteiger partial charge in [0.15, 0.2) is 5.11 Å². The van der Waals surface area contributed by atoms with Gasteiger partial charge in [0.05, 0.1) is 31.0 Å². The summed E-state index contributed by atoms with van der Waals surface area (Å²) in [6.45, 7) is 0. The second kappa shape index (κ2) is 10.5. The number of methoxy groups -OCH3 is 2. The fourth-order valence-corrected chi connectivity index (χ4v) is 3.83. The summed E-state index contributed by atoms with van der Waals surface area (Å²) in [7, 11) is 3.18. The average Bonchev–Trinajstić information content (AvgIpc) is 2.87. The molecule has 0 fully saturated rings. The molecule has 0 bridgehead atoms. The van der Waals surface area contributed by atoms with Gasteiger partial charge in [-0.25, -0.2) is 4.98 Å².